The van der Waals surface area contributed by atoms with Gasteiger partial charge in [-0.05, 0) is 111 Å². The molecule has 6 aromatic carbocycles. The standard InChI is InChI=1S/C93H116FN15O19S2/c1-11-12-26-73-91(126)106(7)50-79(114)98-69(47-81(116)117)87(122)104-82(55(4)5)93(128)108(9)74(44-56-21-15-13-16-22-56)88(123)102-70(42-60-32-38-64(111)39-33-60)89(124)105(6)49-78(113)97-68(46-61-51-130-76-27-20-19-25-65(61)76)86(121)101-67(41-59-30-36-63(110)37-31-59)85(120)100-66(40-54(2)3)84(119)103-72(83(118)96-48-77(95)112)52-129-53-80(115)99-71(43-58-28-34-62(94)35-29-58)90(125)109(10)75(92(127)107(73)8)45-57-23-17-14-18-24-57/h13-25,27-39,51,54-55,66-75,82,110-111H,11-12,26,40-50,52-53H2,1-10H3,(H2,95,112)(H,96,118)(H,97,113)(H,98,114)(H,99,115)(H,100,120)(H,101,121)(H,102,123)(H,103,119)(H,104,122)(H,116,117)/t66-,67-,68-,69-,70-,71-,72-,73-,74-,75-,82-/m0/s1. The van der Waals surface area contributed by atoms with Crippen molar-refractivity contribution in [1.82, 2.24) is 72.4 Å². The minimum atomic E-state index is -1.92. The molecule has 0 spiro atoms. The number of amides is 15. The number of rotatable bonds is 23. The topological polar surface area (TPSA) is 484 Å². The van der Waals surface area contributed by atoms with Crippen molar-refractivity contribution in [3.05, 3.63) is 202 Å². The number of hydrogen-bond donors (Lipinski definition) is 13. The number of likely N-dealkylation sites (N-methyl/N-ethyl adjacent to an activating group) is 5. The number of halogens is 1. The van der Waals surface area contributed by atoms with Gasteiger partial charge in [-0.1, -0.05) is 163 Å². The summed E-state index contributed by atoms with van der Waals surface area (Å²) in [5.74, 6) is -18.6. The molecule has 34 nitrogen and oxygen atoms in total. The molecule has 0 aliphatic carbocycles. The van der Waals surface area contributed by atoms with Gasteiger partial charge in [0.2, 0.25) is 88.6 Å². The van der Waals surface area contributed by atoms with Gasteiger partial charge in [0.25, 0.3) is 0 Å². The summed E-state index contributed by atoms with van der Waals surface area (Å²) < 4.78 is 15.4. The maximum Gasteiger partial charge on any atom is 0.305 e. The molecule has 1 aliphatic rings. The predicted molar refractivity (Wildman–Crippen MR) is 486 cm³/mol. The fourth-order valence-electron chi connectivity index (χ4n) is 14.8. The molecule has 0 unspecified atom stereocenters. The number of carboxylic acids is 1. The van der Waals surface area contributed by atoms with Crippen molar-refractivity contribution in [2.75, 3.05) is 66.4 Å². The van der Waals surface area contributed by atoms with Gasteiger partial charge in [-0.15, -0.1) is 23.1 Å². The number of thioether (sulfide) groups is 1. The number of hydrogen-bond acceptors (Lipinski definition) is 20. The normalized spacial score (nSPS) is 21.8. The number of carbonyl (C=O) groups excluding carboxylic acids is 15. The lowest BCUT2D eigenvalue weighted by atomic mass is 9.98. The van der Waals surface area contributed by atoms with Crippen LogP contribution in [0.2, 0.25) is 0 Å². The maximum atomic E-state index is 15.5. The zero-order valence-corrected chi connectivity index (χ0v) is 75.9. The van der Waals surface area contributed by atoms with Crippen LogP contribution in [0.5, 0.6) is 11.5 Å². The Morgan fingerprint density at radius 3 is 1.48 bits per heavy atom. The van der Waals surface area contributed by atoms with E-state index in [1.807, 2.05) is 19.1 Å². The second-order valence-corrected chi connectivity index (χ2v) is 35.0. The van der Waals surface area contributed by atoms with Crippen molar-refractivity contribution in [2.45, 2.75) is 172 Å². The van der Waals surface area contributed by atoms with Gasteiger partial charge in [0, 0.05) is 84.2 Å². The minimum absolute atomic E-state index is 0.000373. The number of primary amides is 1. The van der Waals surface area contributed by atoms with Gasteiger partial charge in [0.1, 0.15) is 83.8 Å². The number of carboxylic acid groups (broad SMARTS) is 1. The van der Waals surface area contributed by atoms with Gasteiger partial charge in [-0.2, -0.15) is 0 Å². The lowest BCUT2D eigenvalue weighted by Crippen LogP contribution is -2.61. The Hall–Kier alpha value is -13.3. The lowest BCUT2D eigenvalue weighted by Gasteiger charge is -2.37. The third kappa shape index (κ3) is 30.7. The first-order chi connectivity index (χ1) is 61.8. The molecule has 37 heteroatoms. The Labute approximate surface area is 761 Å². The molecule has 1 saturated heterocycles. The Bertz CT molecular complexity index is 5130. The summed E-state index contributed by atoms with van der Waals surface area (Å²) in [6, 6.07) is 23.3. The number of phenols is 2. The smallest absolute Gasteiger partial charge is 0.305 e. The summed E-state index contributed by atoms with van der Waals surface area (Å²) >= 11 is 2.13. The van der Waals surface area contributed by atoms with Crippen LogP contribution in [0.3, 0.4) is 0 Å². The fraction of sp³-hybridized carbons (Fsp3) is 0.419. The van der Waals surface area contributed by atoms with Crippen LogP contribution in [0.25, 0.3) is 10.1 Å². The number of fused-ring (bicyclic) bond motifs is 1. The zero-order chi connectivity index (χ0) is 95.2. The van der Waals surface area contributed by atoms with Gasteiger partial charge in [0.05, 0.1) is 31.8 Å². The second kappa shape index (κ2) is 49.3. The molecular formula is C93H116FN15O19S2. The molecule has 1 aromatic heterocycles. The van der Waals surface area contributed by atoms with Crippen LogP contribution >= 0.6 is 23.1 Å². The van der Waals surface area contributed by atoms with E-state index in [2.05, 4.69) is 47.9 Å². The second-order valence-electron chi connectivity index (χ2n) is 33.1. The molecule has 11 atom stereocenters. The molecular weight excluding hydrogens is 1710 g/mol. The Balaban J connectivity index is 1.22. The van der Waals surface area contributed by atoms with Gasteiger partial charge in [0.15, 0.2) is 0 Å². The number of benzene rings is 6. The van der Waals surface area contributed by atoms with Crippen LogP contribution in [0.1, 0.15) is 100 Å². The summed E-state index contributed by atoms with van der Waals surface area (Å²) in [7, 11) is 6.42. The van der Waals surface area contributed by atoms with E-state index < -0.39 is 210 Å². The monoisotopic (exact) mass is 1830 g/mol. The number of aromatic hydroxyl groups is 2. The highest BCUT2D eigenvalue weighted by molar-refractivity contribution is 8.00. The number of unbranched alkanes of at least 4 members (excludes halogenated alkanes) is 1. The molecule has 0 saturated carbocycles. The number of aliphatic carboxylic acids is 1. The number of phenolic OH excluding ortho intramolecular Hbond substituents is 2. The number of nitrogens with one attached hydrogen (secondary N) is 9. The van der Waals surface area contributed by atoms with Crippen molar-refractivity contribution in [3.8, 4) is 11.5 Å². The van der Waals surface area contributed by atoms with Crippen molar-refractivity contribution < 1.29 is 96.4 Å². The molecule has 14 N–H and O–H groups in total. The van der Waals surface area contributed by atoms with Crippen LogP contribution in [0.4, 0.5) is 4.39 Å². The Morgan fingerprint density at radius 1 is 0.477 bits per heavy atom. The van der Waals surface area contributed by atoms with Gasteiger partial charge < -0.3 is 93.4 Å². The first-order valence-corrected chi connectivity index (χ1v) is 44.7. The Morgan fingerprint density at radius 2 is 0.931 bits per heavy atom. The largest absolute Gasteiger partial charge is 0.508 e. The van der Waals surface area contributed by atoms with Crippen LogP contribution < -0.4 is 53.6 Å². The summed E-state index contributed by atoms with van der Waals surface area (Å²) in [5.41, 5.74) is 8.23. The molecule has 0 radical (unpaired) electrons. The molecule has 15 amide bonds. The number of nitrogens with two attached hydrogens (primary N) is 1. The molecule has 696 valence electrons. The number of thiophene rings is 1. The molecule has 1 fully saturated rings. The third-order valence-corrected chi connectivity index (χ3v) is 24.1. The first-order valence-electron chi connectivity index (χ1n) is 42.7. The highest BCUT2D eigenvalue weighted by Gasteiger charge is 2.42. The third-order valence-electron chi connectivity index (χ3n) is 22.0. The van der Waals surface area contributed by atoms with E-state index >= 15 is 33.6 Å². The van der Waals surface area contributed by atoms with Crippen molar-refractivity contribution in [2.24, 2.45) is 17.6 Å². The van der Waals surface area contributed by atoms with E-state index in [9.17, 15) is 62.9 Å². The van der Waals surface area contributed by atoms with Crippen LogP contribution in [0.15, 0.2) is 163 Å². The summed E-state index contributed by atoms with van der Waals surface area (Å²) in [6.45, 7) is 6.07. The molecule has 8 rings (SSSR count). The minimum Gasteiger partial charge on any atom is -0.508 e. The predicted octanol–water partition coefficient (Wildman–Crippen LogP) is 3.20. The van der Waals surface area contributed by atoms with Gasteiger partial charge in [-0.25, -0.2) is 4.39 Å². The van der Waals surface area contributed by atoms with E-state index in [0.717, 1.165) is 53.1 Å². The number of carbonyl (C=O) groups is 16. The molecule has 130 heavy (non-hydrogen) atoms. The van der Waals surface area contributed by atoms with Crippen molar-refractivity contribution in [3.63, 3.8) is 0 Å². The summed E-state index contributed by atoms with van der Waals surface area (Å²) in [5, 5.41) is 57.3. The van der Waals surface area contributed by atoms with Gasteiger partial charge >= 0.3 is 5.97 Å². The van der Waals surface area contributed by atoms with E-state index in [-0.39, 0.29) is 68.8 Å². The summed E-state index contributed by atoms with van der Waals surface area (Å²) in [4.78, 5) is 240. The average Bonchev–Trinajstić information content (AvgIpc) is 1.33. The fourth-order valence-corrected chi connectivity index (χ4v) is 16.7. The highest BCUT2D eigenvalue weighted by atomic mass is 32.2. The first kappa shape index (κ1) is 102. The van der Waals surface area contributed by atoms with Crippen LogP contribution in [0, 0.1) is 17.7 Å². The average molecular weight is 1830 g/mol. The van der Waals surface area contributed by atoms with Crippen molar-refractivity contribution in [1.29, 1.82) is 0 Å². The molecule has 2 heterocycles. The highest BCUT2D eigenvalue weighted by Crippen LogP contribution is 2.28. The quantitative estimate of drug-likeness (QED) is 0.0437. The zero-order valence-electron chi connectivity index (χ0n) is 74.3. The summed E-state index contributed by atoms with van der Waals surface area (Å²) in [6.07, 6.45) is -1.84. The van der Waals surface area contributed by atoms with Crippen LogP contribution in [-0.4, -0.2) is 267 Å². The maximum absolute atomic E-state index is 15.5. The molecule has 7 aromatic rings. The van der Waals surface area contributed by atoms with Gasteiger partial charge in [-0.3, -0.25) is 76.7 Å². The Kier molecular flexibility index (Phi) is 38.7. The molecule has 0 bridgehead atoms. The van der Waals surface area contributed by atoms with E-state index in [1.54, 1.807) is 106 Å². The van der Waals surface area contributed by atoms with E-state index in [4.69, 9.17) is 5.73 Å². The van der Waals surface area contributed by atoms with Crippen molar-refractivity contribution >= 4 is 128 Å². The van der Waals surface area contributed by atoms with E-state index in [1.165, 1.54) is 107 Å². The SMILES string of the molecule is CCCC[C@H]1C(=O)N(C)CC(=O)N[C@@H](CC(=O)O)C(=O)N[C@@H](C(C)C)C(=O)N(C)[C@@H](Cc2ccccc2)C(=O)N[C@@H](Cc2ccc(O)cc2)C(=O)N(C)CC(=O)N[C@@H](Cc2csc3ccccc23)C(=O)N[C@@H](Cc2ccc(O)cc2)C(=O)N[C@@H](CC(C)C)C(=O)N[C@H](C(=O)NCC(N)=O)CSCC(=O)N[C@@H](Cc2ccc(F)cc2)C(=O)N(C)[C@@H](Cc2ccccc2)C(=O)N1C. The van der Waals surface area contributed by atoms with E-state index in [0.29, 0.717) is 51.6 Å². The lowest BCUT2D eigenvalue weighted by molar-refractivity contribution is -0.151. The molecule has 1 aliphatic heterocycles. The number of nitrogens with zero attached hydrogens (tertiary/aromatic N) is 5. The van der Waals surface area contributed by atoms with Crippen LogP contribution in [-0.2, 0) is 115 Å².